The molecule has 132 valence electrons. The van der Waals surface area contributed by atoms with Crippen LogP contribution in [0.15, 0.2) is 24.3 Å². The SMILES string of the molecule is O=C(c1ccc(OC(F)(F)F)cc1)N1CCOC2(CNCCO2)C1. The number of benzene rings is 1. The van der Waals surface area contributed by atoms with E-state index in [0.717, 1.165) is 18.7 Å². The van der Waals surface area contributed by atoms with Crippen molar-refractivity contribution in [3.63, 3.8) is 0 Å². The van der Waals surface area contributed by atoms with Gasteiger partial charge < -0.3 is 24.4 Å². The van der Waals surface area contributed by atoms with Crippen molar-refractivity contribution < 1.29 is 32.2 Å². The van der Waals surface area contributed by atoms with Crippen molar-refractivity contribution in [1.29, 1.82) is 0 Å². The van der Waals surface area contributed by atoms with Gasteiger partial charge in [-0.2, -0.15) is 0 Å². The van der Waals surface area contributed by atoms with Crippen LogP contribution in [0.25, 0.3) is 0 Å². The third kappa shape index (κ3) is 3.97. The fourth-order valence-electron chi connectivity index (χ4n) is 2.75. The molecular weight excluding hydrogens is 329 g/mol. The van der Waals surface area contributed by atoms with Crippen LogP contribution < -0.4 is 10.1 Å². The largest absolute Gasteiger partial charge is 0.573 e. The fourth-order valence-corrected chi connectivity index (χ4v) is 2.75. The highest BCUT2D eigenvalue weighted by atomic mass is 19.4. The Labute approximate surface area is 136 Å². The lowest BCUT2D eigenvalue weighted by Crippen LogP contribution is -2.62. The molecule has 2 fully saturated rings. The number of carbonyl (C=O) groups excluding carboxylic acids is 1. The molecule has 3 rings (SSSR count). The molecule has 0 bridgehead atoms. The molecule has 0 radical (unpaired) electrons. The third-order valence-electron chi connectivity index (χ3n) is 3.82. The van der Waals surface area contributed by atoms with Crippen molar-refractivity contribution in [3.8, 4) is 5.75 Å². The number of rotatable bonds is 2. The van der Waals surface area contributed by atoms with Crippen LogP contribution in [-0.2, 0) is 9.47 Å². The molecule has 1 amide bonds. The molecule has 24 heavy (non-hydrogen) atoms. The summed E-state index contributed by atoms with van der Waals surface area (Å²) < 4.78 is 51.6. The summed E-state index contributed by atoms with van der Waals surface area (Å²) in [7, 11) is 0. The second-order valence-corrected chi connectivity index (χ2v) is 5.58. The minimum absolute atomic E-state index is 0.264. The third-order valence-corrected chi connectivity index (χ3v) is 3.82. The second-order valence-electron chi connectivity index (χ2n) is 5.58. The zero-order valence-corrected chi connectivity index (χ0v) is 12.8. The van der Waals surface area contributed by atoms with Gasteiger partial charge in [0.1, 0.15) is 5.75 Å². The minimum Gasteiger partial charge on any atom is -0.406 e. The molecule has 1 aromatic rings. The molecule has 2 saturated heterocycles. The molecule has 0 aliphatic carbocycles. The van der Waals surface area contributed by atoms with E-state index in [1.807, 2.05) is 0 Å². The maximum atomic E-state index is 12.6. The molecule has 0 saturated carbocycles. The number of nitrogens with zero attached hydrogens (tertiary/aromatic N) is 1. The highest BCUT2D eigenvalue weighted by Crippen LogP contribution is 2.25. The van der Waals surface area contributed by atoms with Crippen LogP contribution in [0, 0.1) is 0 Å². The Hall–Kier alpha value is -1.84. The van der Waals surface area contributed by atoms with Gasteiger partial charge in [0.15, 0.2) is 5.79 Å². The first-order valence-corrected chi connectivity index (χ1v) is 7.51. The Balaban J connectivity index is 1.67. The lowest BCUT2D eigenvalue weighted by Gasteiger charge is -2.44. The second kappa shape index (κ2) is 6.58. The summed E-state index contributed by atoms with van der Waals surface area (Å²) in [5.74, 6) is -1.51. The number of alkyl halides is 3. The normalized spacial score (nSPS) is 24.9. The van der Waals surface area contributed by atoms with Crippen molar-refractivity contribution in [2.75, 3.05) is 39.4 Å². The van der Waals surface area contributed by atoms with Gasteiger partial charge in [0.05, 0.1) is 26.3 Å². The summed E-state index contributed by atoms with van der Waals surface area (Å²) in [5, 5.41) is 3.16. The number of hydrogen-bond donors (Lipinski definition) is 1. The van der Waals surface area contributed by atoms with Crippen molar-refractivity contribution in [3.05, 3.63) is 29.8 Å². The van der Waals surface area contributed by atoms with Crippen LogP contribution in [0.2, 0.25) is 0 Å². The maximum Gasteiger partial charge on any atom is 0.573 e. The van der Waals surface area contributed by atoms with Crippen molar-refractivity contribution in [1.82, 2.24) is 10.2 Å². The van der Waals surface area contributed by atoms with Gasteiger partial charge in [-0.05, 0) is 24.3 Å². The van der Waals surface area contributed by atoms with E-state index in [0.29, 0.717) is 26.3 Å². The summed E-state index contributed by atoms with van der Waals surface area (Å²) >= 11 is 0. The van der Waals surface area contributed by atoms with Crippen molar-refractivity contribution in [2.24, 2.45) is 0 Å². The average Bonchev–Trinajstić information content (AvgIpc) is 2.54. The van der Waals surface area contributed by atoms with Gasteiger partial charge in [-0.3, -0.25) is 4.79 Å². The fraction of sp³-hybridized carbons (Fsp3) is 0.533. The van der Waals surface area contributed by atoms with Crippen LogP contribution in [0.5, 0.6) is 5.75 Å². The lowest BCUT2D eigenvalue weighted by atomic mass is 10.1. The molecular formula is C15H17F3N2O4. The summed E-state index contributed by atoms with van der Waals surface area (Å²) in [6.45, 7) is 2.69. The van der Waals surface area contributed by atoms with Crippen LogP contribution in [0.1, 0.15) is 10.4 Å². The number of amides is 1. The number of nitrogens with one attached hydrogen (secondary N) is 1. The number of ether oxygens (including phenoxy) is 3. The van der Waals surface area contributed by atoms with Gasteiger partial charge in [-0.15, -0.1) is 13.2 Å². The number of halogens is 3. The van der Waals surface area contributed by atoms with Crippen LogP contribution in [-0.4, -0.2) is 62.3 Å². The van der Waals surface area contributed by atoms with E-state index in [2.05, 4.69) is 10.1 Å². The first kappa shape index (κ1) is 17.0. The quantitative estimate of drug-likeness (QED) is 0.877. The molecule has 2 aliphatic heterocycles. The minimum atomic E-state index is -4.76. The summed E-state index contributed by atoms with van der Waals surface area (Å²) in [6, 6.07) is 4.86. The Morgan fingerprint density at radius 2 is 1.92 bits per heavy atom. The average molecular weight is 346 g/mol. The Morgan fingerprint density at radius 3 is 2.54 bits per heavy atom. The van der Waals surface area contributed by atoms with Crippen LogP contribution in [0.4, 0.5) is 13.2 Å². The zero-order valence-electron chi connectivity index (χ0n) is 12.8. The number of carbonyl (C=O) groups is 1. The standard InChI is InChI=1S/C15H17F3N2O4/c16-15(17,18)24-12-3-1-11(2-4-12)13(21)20-6-8-23-14(10-20)9-19-5-7-22-14/h1-4,19H,5-10H2. The van der Waals surface area contributed by atoms with E-state index < -0.39 is 12.1 Å². The molecule has 1 atom stereocenters. The first-order chi connectivity index (χ1) is 11.4. The topological polar surface area (TPSA) is 60.0 Å². The molecule has 1 N–H and O–H groups in total. The number of morpholine rings is 2. The number of hydrogen-bond acceptors (Lipinski definition) is 5. The monoisotopic (exact) mass is 346 g/mol. The Kier molecular flexibility index (Phi) is 4.66. The lowest BCUT2D eigenvalue weighted by molar-refractivity contribution is -0.274. The highest BCUT2D eigenvalue weighted by Gasteiger charge is 2.41. The summed E-state index contributed by atoms with van der Waals surface area (Å²) in [6.07, 6.45) is -4.76. The van der Waals surface area contributed by atoms with Crippen LogP contribution >= 0.6 is 0 Å². The van der Waals surface area contributed by atoms with E-state index in [1.54, 1.807) is 4.90 Å². The van der Waals surface area contributed by atoms with E-state index in [9.17, 15) is 18.0 Å². The predicted molar refractivity (Wildman–Crippen MR) is 76.5 cm³/mol. The van der Waals surface area contributed by atoms with Gasteiger partial charge >= 0.3 is 6.36 Å². The summed E-state index contributed by atoms with van der Waals surface area (Å²) in [4.78, 5) is 14.1. The van der Waals surface area contributed by atoms with Gasteiger partial charge in [0.2, 0.25) is 0 Å². The molecule has 2 aliphatic rings. The van der Waals surface area contributed by atoms with Crippen molar-refractivity contribution >= 4 is 5.91 Å². The maximum absolute atomic E-state index is 12.6. The molecule has 2 heterocycles. The highest BCUT2D eigenvalue weighted by molar-refractivity contribution is 5.94. The van der Waals surface area contributed by atoms with E-state index >= 15 is 0 Å². The Bertz CT molecular complexity index is 580. The van der Waals surface area contributed by atoms with E-state index in [4.69, 9.17) is 9.47 Å². The van der Waals surface area contributed by atoms with E-state index in [-0.39, 0.29) is 23.8 Å². The molecule has 0 aromatic heterocycles. The molecule has 1 aromatic carbocycles. The predicted octanol–water partition coefficient (Wildman–Crippen LogP) is 1.37. The zero-order chi connectivity index (χ0) is 17.2. The van der Waals surface area contributed by atoms with Gasteiger partial charge in [-0.1, -0.05) is 0 Å². The molecule has 1 unspecified atom stereocenters. The molecule has 1 spiro atoms. The van der Waals surface area contributed by atoms with Gasteiger partial charge in [0.25, 0.3) is 5.91 Å². The molecule has 6 nitrogen and oxygen atoms in total. The Morgan fingerprint density at radius 1 is 1.21 bits per heavy atom. The van der Waals surface area contributed by atoms with Crippen LogP contribution in [0.3, 0.4) is 0 Å². The van der Waals surface area contributed by atoms with Gasteiger partial charge in [-0.25, -0.2) is 0 Å². The van der Waals surface area contributed by atoms with Gasteiger partial charge in [0, 0.05) is 18.7 Å². The first-order valence-electron chi connectivity index (χ1n) is 7.51. The summed E-state index contributed by atoms with van der Waals surface area (Å²) in [5.41, 5.74) is 0.283. The van der Waals surface area contributed by atoms with Crippen molar-refractivity contribution in [2.45, 2.75) is 12.1 Å². The van der Waals surface area contributed by atoms with E-state index in [1.165, 1.54) is 12.1 Å². The smallest absolute Gasteiger partial charge is 0.406 e. The molecule has 9 heteroatoms.